The summed E-state index contributed by atoms with van der Waals surface area (Å²) in [6.45, 7) is 1.21. The van der Waals surface area contributed by atoms with E-state index in [1.54, 1.807) is 0 Å². The van der Waals surface area contributed by atoms with E-state index in [2.05, 4.69) is 5.32 Å². The Kier molecular flexibility index (Phi) is 4.77. The van der Waals surface area contributed by atoms with Crippen LogP contribution in [0.15, 0.2) is 24.3 Å². The van der Waals surface area contributed by atoms with Gasteiger partial charge in [-0.25, -0.2) is 12.8 Å². The van der Waals surface area contributed by atoms with Gasteiger partial charge in [-0.1, -0.05) is 0 Å². The van der Waals surface area contributed by atoms with Crippen molar-refractivity contribution in [1.29, 1.82) is 0 Å². The van der Waals surface area contributed by atoms with E-state index < -0.39 is 38.3 Å². The second kappa shape index (κ2) is 5.92. The van der Waals surface area contributed by atoms with Gasteiger partial charge in [-0.2, -0.15) is 0 Å². The average Bonchev–Trinajstić information content (AvgIpc) is 2.37. The highest BCUT2D eigenvalue weighted by molar-refractivity contribution is 7.93. The third-order valence-electron chi connectivity index (χ3n) is 2.65. The SMILES string of the molecule is CNC(=O)CS(=O)(=O)C(C)C(=O)c1ccc(F)cc1. The van der Waals surface area contributed by atoms with Gasteiger partial charge in [0.15, 0.2) is 15.6 Å². The van der Waals surface area contributed by atoms with E-state index in [0.29, 0.717) is 0 Å². The number of halogens is 1. The molecule has 1 amide bonds. The second-order valence-electron chi connectivity index (χ2n) is 3.99. The van der Waals surface area contributed by atoms with E-state index in [1.165, 1.54) is 26.1 Å². The third kappa shape index (κ3) is 3.85. The molecule has 5 nitrogen and oxygen atoms in total. The Balaban J connectivity index is 2.93. The summed E-state index contributed by atoms with van der Waals surface area (Å²) in [5.41, 5.74) is 0.0920. The highest BCUT2D eigenvalue weighted by Gasteiger charge is 2.30. The minimum Gasteiger partial charge on any atom is -0.358 e. The first kappa shape index (κ1) is 15.3. The molecule has 1 aromatic carbocycles. The zero-order valence-electron chi connectivity index (χ0n) is 10.5. The van der Waals surface area contributed by atoms with E-state index >= 15 is 0 Å². The summed E-state index contributed by atoms with van der Waals surface area (Å²) in [5.74, 6) is -2.61. The molecule has 0 aliphatic rings. The fourth-order valence-electron chi connectivity index (χ4n) is 1.39. The average molecular weight is 287 g/mol. The lowest BCUT2D eigenvalue weighted by atomic mass is 10.1. The van der Waals surface area contributed by atoms with Crippen molar-refractivity contribution in [3.8, 4) is 0 Å². The molecule has 1 aromatic rings. The topological polar surface area (TPSA) is 80.3 Å². The summed E-state index contributed by atoms with van der Waals surface area (Å²) in [7, 11) is -2.57. The van der Waals surface area contributed by atoms with E-state index in [-0.39, 0.29) is 5.56 Å². The molecule has 104 valence electrons. The Hall–Kier alpha value is -1.76. The lowest BCUT2D eigenvalue weighted by Gasteiger charge is -2.11. The highest BCUT2D eigenvalue weighted by Crippen LogP contribution is 2.12. The van der Waals surface area contributed by atoms with Gasteiger partial charge in [0.25, 0.3) is 0 Å². The van der Waals surface area contributed by atoms with Crippen LogP contribution in [-0.4, -0.2) is 38.2 Å². The summed E-state index contributed by atoms with van der Waals surface area (Å²) >= 11 is 0. The van der Waals surface area contributed by atoms with E-state index in [1.807, 2.05) is 0 Å². The van der Waals surface area contributed by atoms with Gasteiger partial charge in [0, 0.05) is 12.6 Å². The van der Waals surface area contributed by atoms with Crippen LogP contribution in [0.5, 0.6) is 0 Å². The smallest absolute Gasteiger partial charge is 0.234 e. The molecule has 0 radical (unpaired) electrons. The second-order valence-corrected chi connectivity index (χ2v) is 6.32. The number of carbonyl (C=O) groups is 2. The van der Waals surface area contributed by atoms with Gasteiger partial charge >= 0.3 is 0 Å². The number of rotatable bonds is 5. The van der Waals surface area contributed by atoms with Crippen LogP contribution < -0.4 is 5.32 Å². The zero-order valence-corrected chi connectivity index (χ0v) is 11.3. The van der Waals surface area contributed by atoms with Crippen molar-refractivity contribution in [1.82, 2.24) is 5.32 Å². The largest absolute Gasteiger partial charge is 0.358 e. The molecule has 0 fully saturated rings. The quantitative estimate of drug-likeness (QED) is 0.802. The summed E-state index contributed by atoms with van der Waals surface area (Å²) in [5, 5.41) is 0.832. The van der Waals surface area contributed by atoms with Crippen molar-refractivity contribution in [2.45, 2.75) is 12.2 Å². The predicted octanol–water partition coefficient (Wildman–Crippen LogP) is 0.558. The number of ketones is 1. The van der Waals surface area contributed by atoms with Crippen LogP contribution in [0.2, 0.25) is 0 Å². The third-order valence-corrected chi connectivity index (χ3v) is 4.60. The Morgan fingerprint density at radius 2 is 1.79 bits per heavy atom. The van der Waals surface area contributed by atoms with E-state index in [4.69, 9.17) is 0 Å². The Morgan fingerprint density at radius 1 is 1.26 bits per heavy atom. The molecule has 1 rings (SSSR count). The zero-order chi connectivity index (χ0) is 14.6. The molecule has 0 saturated heterocycles. The fourth-order valence-corrected chi connectivity index (χ4v) is 2.61. The molecular weight excluding hydrogens is 273 g/mol. The van der Waals surface area contributed by atoms with Gasteiger partial charge in [0.05, 0.1) is 0 Å². The van der Waals surface area contributed by atoms with Crippen molar-refractivity contribution >= 4 is 21.5 Å². The van der Waals surface area contributed by atoms with Crippen LogP contribution in [0.3, 0.4) is 0 Å². The van der Waals surface area contributed by atoms with Crippen LogP contribution in [0.1, 0.15) is 17.3 Å². The Labute approximate surface area is 110 Å². The Bertz CT molecular complexity index is 580. The highest BCUT2D eigenvalue weighted by atomic mass is 32.2. The first-order valence-electron chi connectivity index (χ1n) is 5.50. The monoisotopic (exact) mass is 287 g/mol. The van der Waals surface area contributed by atoms with Gasteiger partial charge in [-0.15, -0.1) is 0 Å². The van der Waals surface area contributed by atoms with Crippen molar-refractivity contribution in [2.24, 2.45) is 0 Å². The summed E-state index contributed by atoms with van der Waals surface area (Å²) < 4.78 is 36.4. The molecule has 1 atom stereocenters. The molecule has 1 unspecified atom stereocenters. The molecule has 19 heavy (non-hydrogen) atoms. The molecule has 0 aliphatic carbocycles. The van der Waals surface area contributed by atoms with Crippen LogP contribution in [0.25, 0.3) is 0 Å². The van der Waals surface area contributed by atoms with Crippen molar-refractivity contribution in [2.75, 3.05) is 12.8 Å². The number of hydrogen-bond acceptors (Lipinski definition) is 4. The van der Waals surface area contributed by atoms with Crippen LogP contribution >= 0.6 is 0 Å². The lowest BCUT2D eigenvalue weighted by molar-refractivity contribution is -0.118. The molecule has 0 spiro atoms. The lowest BCUT2D eigenvalue weighted by Crippen LogP contribution is -2.35. The minimum absolute atomic E-state index is 0.0920. The fraction of sp³-hybridized carbons (Fsp3) is 0.333. The number of Topliss-reactive ketones (excluding diaryl/α,β-unsaturated/α-hetero) is 1. The van der Waals surface area contributed by atoms with Crippen LogP contribution in [-0.2, 0) is 14.6 Å². The van der Waals surface area contributed by atoms with Crippen molar-refractivity contribution < 1.29 is 22.4 Å². The van der Waals surface area contributed by atoms with Gasteiger partial charge in [-0.05, 0) is 31.2 Å². The molecular formula is C12H14FNO4S. The van der Waals surface area contributed by atoms with Crippen molar-refractivity contribution in [3.05, 3.63) is 35.6 Å². The number of hydrogen-bond donors (Lipinski definition) is 1. The summed E-state index contributed by atoms with van der Waals surface area (Å²) in [6, 6.07) is 4.57. The maximum absolute atomic E-state index is 12.7. The standard InChI is InChI=1S/C12H14FNO4S/c1-8(19(17,18)7-11(15)14-2)12(16)9-3-5-10(13)6-4-9/h3-6,8H,7H2,1-2H3,(H,14,15). The van der Waals surface area contributed by atoms with Gasteiger partial charge < -0.3 is 5.32 Å². The molecule has 0 bridgehead atoms. The summed E-state index contributed by atoms with van der Waals surface area (Å²) in [4.78, 5) is 23.0. The molecule has 0 aliphatic heterocycles. The molecule has 1 N–H and O–H groups in total. The molecule has 0 heterocycles. The number of carbonyl (C=O) groups excluding carboxylic acids is 2. The molecule has 0 aromatic heterocycles. The number of benzene rings is 1. The van der Waals surface area contributed by atoms with E-state index in [0.717, 1.165) is 12.1 Å². The minimum atomic E-state index is -3.88. The maximum atomic E-state index is 12.7. The van der Waals surface area contributed by atoms with Gasteiger partial charge in [-0.3, -0.25) is 9.59 Å². The van der Waals surface area contributed by atoms with Crippen molar-refractivity contribution in [3.63, 3.8) is 0 Å². The maximum Gasteiger partial charge on any atom is 0.234 e. The van der Waals surface area contributed by atoms with Crippen LogP contribution in [0, 0.1) is 5.82 Å². The van der Waals surface area contributed by atoms with Crippen LogP contribution in [0.4, 0.5) is 4.39 Å². The molecule has 7 heteroatoms. The van der Waals surface area contributed by atoms with Gasteiger partial charge in [0.1, 0.15) is 16.8 Å². The predicted molar refractivity (Wildman–Crippen MR) is 68.0 cm³/mol. The number of amides is 1. The van der Waals surface area contributed by atoms with E-state index in [9.17, 15) is 22.4 Å². The number of nitrogens with one attached hydrogen (secondary N) is 1. The first-order valence-corrected chi connectivity index (χ1v) is 7.21. The Morgan fingerprint density at radius 3 is 2.26 bits per heavy atom. The molecule has 0 saturated carbocycles. The number of sulfone groups is 1. The first-order chi connectivity index (χ1) is 8.77. The summed E-state index contributed by atoms with van der Waals surface area (Å²) in [6.07, 6.45) is 0. The normalized spacial score (nSPS) is 12.8. The van der Waals surface area contributed by atoms with Gasteiger partial charge in [0.2, 0.25) is 5.91 Å².